The van der Waals surface area contributed by atoms with Crippen LogP contribution in [-0.2, 0) is 7.05 Å². The highest BCUT2D eigenvalue weighted by Crippen LogP contribution is 2.43. The zero-order valence-corrected chi connectivity index (χ0v) is 24.9. The topological polar surface area (TPSA) is 99.9 Å². The number of benzene rings is 1. The Bertz CT molecular complexity index is 1540. The van der Waals surface area contributed by atoms with E-state index in [1.54, 1.807) is 23.0 Å². The van der Waals surface area contributed by atoms with Gasteiger partial charge in [-0.2, -0.15) is 10.1 Å². The number of guanidine groups is 1. The van der Waals surface area contributed by atoms with Crippen molar-refractivity contribution in [1.82, 2.24) is 19.7 Å². The van der Waals surface area contributed by atoms with Crippen LogP contribution in [0.25, 0.3) is 11.3 Å². The maximum Gasteiger partial charge on any atom is 0.280 e. The number of aliphatic imine (C=N–C) groups is 1. The highest BCUT2D eigenvalue weighted by atomic mass is 16.5. The molecule has 10 nitrogen and oxygen atoms in total. The molecule has 0 unspecified atom stereocenters. The van der Waals surface area contributed by atoms with Gasteiger partial charge in [-0.15, -0.1) is 0 Å². The van der Waals surface area contributed by atoms with Gasteiger partial charge in [0.1, 0.15) is 0 Å². The molecule has 42 heavy (non-hydrogen) atoms. The number of fused-ring (bicyclic) bond motifs is 7. The van der Waals surface area contributed by atoms with Gasteiger partial charge in [-0.1, -0.05) is 0 Å². The molecule has 2 aliphatic heterocycles. The second kappa shape index (κ2) is 10.7. The number of hydrogen-bond donors (Lipinski definition) is 2. The van der Waals surface area contributed by atoms with Crippen LogP contribution >= 0.6 is 0 Å². The fraction of sp³-hybridized carbons (Fsp3) is 0.500. The van der Waals surface area contributed by atoms with Gasteiger partial charge in [0, 0.05) is 42.6 Å². The van der Waals surface area contributed by atoms with Crippen LogP contribution in [0.4, 0.5) is 17.1 Å². The van der Waals surface area contributed by atoms with Gasteiger partial charge in [-0.3, -0.25) is 9.78 Å². The summed E-state index contributed by atoms with van der Waals surface area (Å²) in [6.45, 7) is 3.31. The number of carbonyl (C=O) groups is 1. The van der Waals surface area contributed by atoms with Crippen LogP contribution in [0.2, 0.25) is 0 Å². The lowest BCUT2D eigenvalue weighted by atomic mass is 9.86. The lowest BCUT2D eigenvalue weighted by molar-refractivity contribution is 0.100. The number of anilines is 3. The summed E-state index contributed by atoms with van der Waals surface area (Å²) < 4.78 is 8.03. The quantitative estimate of drug-likeness (QED) is 0.458. The summed E-state index contributed by atoms with van der Waals surface area (Å²) >= 11 is 0. The highest BCUT2D eigenvalue weighted by Gasteiger charge is 2.37. The van der Waals surface area contributed by atoms with E-state index >= 15 is 0 Å². The lowest BCUT2D eigenvalue weighted by Crippen LogP contribution is -2.46. The fourth-order valence-electron chi connectivity index (χ4n) is 6.55. The van der Waals surface area contributed by atoms with Crippen molar-refractivity contribution in [2.45, 2.75) is 57.5 Å². The predicted octanol–water partition coefficient (Wildman–Crippen LogP) is 4.92. The van der Waals surface area contributed by atoms with E-state index in [1.165, 1.54) is 12.8 Å². The molecule has 4 heterocycles. The zero-order chi connectivity index (χ0) is 29.0. The van der Waals surface area contributed by atoms with Crippen LogP contribution in [0.3, 0.4) is 0 Å². The minimum Gasteiger partial charge on any atom is -0.477 e. The van der Waals surface area contributed by atoms with Gasteiger partial charge >= 0.3 is 0 Å². The minimum atomic E-state index is -0.297. The van der Waals surface area contributed by atoms with Gasteiger partial charge in [0.15, 0.2) is 0 Å². The molecule has 2 aliphatic carbocycles. The summed E-state index contributed by atoms with van der Waals surface area (Å²) in [5.74, 6) is 2.14. The largest absolute Gasteiger partial charge is 0.477 e. The Morgan fingerprint density at radius 2 is 1.93 bits per heavy atom. The van der Waals surface area contributed by atoms with E-state index in [0.717, 1.165) is 60.5 Å². The van der Waals surface area contributed by atoms with Gasteiger partial charge in [0.25, 0.3) is 5.91 Å². The number of hydrogen-bond acceptors (Lipinski definition) is 8. The minimum absolute atomic E-state index is 0.297. The first-order valence-corrected chi connectivity index (χ1v) is 15.2. The first-order valence-electron chi connectivity index (χ1n) is 15.2. The molecular formula is C32H40N8O2. The van der Waals surface area contributed by atoms with Crippen molar-refractivity contribution in [3.63, 3.8) is 0 Å². The molecule has 220 valence electrons. The molecule has 2 saturated carbocycles. The molecule has 10 heteroatoms. The summed E-state index contributed by atoms with van der Waals surface area (Å²) in [6.07, 6.45) is 8.54. The Kier molecular flexibility index (Phi) is 6.88. The number of carbonyl (C=O) groups excluding carboxylic acids is 1. The van der Waals surface area contributed by atoms with Gasteiger partial charge in [-0.25, -0.2) is 4.68 Å². The maximum atomic E-state index is 13.7. The summed E-state index contributed by atoms with van der Waals surface area (Å²) in [6, 6.07) is 11.2. The number of aromatic nitrogens is 3. The Balaban J connectivity index is 1.23. The Morgan fingerprint density at radius 1 is 1.10 bits per heavy atom. The van der Waals surface area contributed by atoms with E-state index in [1.807, 2.05) is 14.0 Å². The molecule has 3 aromatic rings. The summed E-state index contributed by atoms with van der Waals surface area (Å²) in [7, 11) is 6.18. The second-order valence-corrected chi connectivity index (χ2v) is 12.6. The SMILES string of the molecule is Cc1cc2cc(n1)-c1cnn(C)c1OCCC[C@@H](C1CC1)CN1/C(=N/C2=O)Nc2ccc(NC3CC(N(C)C)C3)cc21. The Hall–Kier alpha value is -3.92. The monoisotopic (exact) mass is 568 g/mol. The molecule has 0 radical (unpaired) electrons. The van der Waals surface area contributed by atoms with Crippen molar-refractivity contribution in [2.75, 3.05) is 42.8 Å². The molecule has 1 atom stereocenters. The van der Waals surface area contributed by atoms with Gasteiger partial charge in [-0.05, 0) is 102 Å². The van der Waals surface area contributed by atoms with Crippen LogP contribution in [0.1, 0.15) is 54.6 Å². The normalized spacial score (nSPS) is 25.1. The van der Waals surface area contributed by atoms with Crippen LogP contribution in [0, 0.1) is 18.8 Å². The number of nitrogens with zero attached hydrogens (tertiary/aromatic N) is 6. The maximum absolute atomic E-state index is 13.7. The molecule has 1 amide bonds. The van der Waals surface area contributed by atoms with Crippen molar-refractivity contribution >= 4 is 28.9 Å². The lowest BCUT2D eigenvalue weighted by Gasteiger charge is -2.40. The number of amides is 1. The molecule has 0 spiro atoms. The van der Waals surface area contributed by atoms with Crippen LogP contribution in [0.15, 0.2) is 41.5 Å². The van der Waals surface area contributed by atoms with E-state index in [-0.39, 0.29) is 5.91 Å². The Morgan fingerprint density at radius 3 is 2.71 bits per heavy atom. The van der Waals surface area contributed by atoms with Gasteiger partial charge in [0.2, 0.25) is 11.8 Å². The fourth-order valence-corrected chi connectivity index (χ4v) is 6.55. The molecule has 0 saturated heterocycles. The number of ether oxygens (including phenoxy) is 1. The average Bonchev–Trinajstić information content (AvgIpc) is 3.64. The van der Waals surface area contributed by atoms with E-state index in [9.17, 15) is 4.79 Å². The zero-order valence-electron chi connectivity index (χ0n) is 24.9. The summed E-state index contributed by atoms with van der Waals surface area (Å²) in [5.41, 5.74) is 5.85. The first-order chi connectivity index (χ1) is 20.3. The molecule has 1 aromatic carbocycles. The number of pyridine rings is 1. The molecular weight excluding hydrogens is 528 g/mol. The highest BCUT2D eigenvalue weighted by molar-refractivity contribution is 6.19. The first kappa shape index (κ1) is 26.9. The smallest absolute Gasteiger partial charge is 0.280 e. The molecule has 2 aromatic heterocycles. The van der Waals surface area contributed by atoms with Crippen LogP contribution in [0.5, 0.6) is 5.88 Å². The van der Waals surface area contributed by atoms with E-state index < -0.39 is 0 Å². The number of nitrogens with one attached hydrogen (secondary N) is 2. The molecule has 7 rings (SSSR count). The standard InChI is InChI=1S/C32H40N8O2/c1-19-12-22-13-28(34-19)26-17-33-39(4)31(26)42-11-5-6-21(20-7-8-20)18-40-29-16-23(35-24-14-25(15-24)38(2)3)9-10-27(29)36-32(40)37-30(22)41/h9-10,12-13,16-17,20-21,24-25,35H,5-8,11,14-15,18H2,1-4H3,(H,36,37,41)/t21-,24?,25?/m1/s1. The van der Waals surface area contributed by atoms with Crippen molar-refractivity contribution in [2.24, 2.45) is 23.9 Å². The van der Waals surface area contributed by atoms with Crippen LogP contribution in [-0.4, -0.2) is 70.9 Å². The number of aryl methyl sites for hydroxylation is 2. The predicted molar refractivity (Wildman–Crippen MR) is 165 cm³/mol. The van der Waals surface area contributed by atoms with Crippen molar-refractivity contribution in [1.29, 1.82) is 0 Å². The van der Waals surface area contributed by atoms with Crippen molar-refractivity contribution in [3.05, 3.63) is 47.8 Å². The molecule has 4 aliphatic rings. The van der Waals surface area contributed by atoms with Crippen LogP contribution < -0.4 is 20.3 Å². The van der Waals surface area contributed by atoms with E-state index in [2.05, 4.69) is 62.8 Å². The van der Waals surface area contributed by atoms with Crippen molar-refractivity contribution < 1.29 is 9.53 Å². The molecule has 2 fully saturated rings. The van der Waals surface area contributed by atoms with E-state index in [4.69, 9.17) is 9.72 Å². The third kappa shape index (κ3) is 5.24. The van der Waals surface area contributed by atoms with Gasteiger partial charge < -0.3 is 25.2 Å². The molecule has 2 N–H and O–H groups in total. The molecule has 2 bridgehead atoms. The average molecular weight is 569 g/mol. The van der Waals surface area contributed by atoms with Crippen molar-refractivity contribution in [3.8, 4) is 17.1 Å². The summed E-state index contributed by atoms with van der Waals surface area (Å²) in [4.78, 5) is 27.6. The number of rotatable bonds is 4. The summed E-state index contributed by atoms with van der Waals surface area (Å²) in [5, 5.41) is 11.6. The Labute approximate surface area is 247 Å². The second-order valence-electron chi connectivity index (χ2n) is 12.6. The third-order valence-electron chi connectivity index (χ3n) is 9.24. The third-order valence-corrected chi connectivity index (χ3v) is 9.24. The van der Waals surface area contributed by atoms with Gasteiger partial charge in [0.05, 0.1) is 35.4 Å². The van der Waals surface area contributed by atoms with E-state index in [0.29, 0.717) is 53.6 Å².